The van der Waals surface area contributed by atoms with Gasteiger partial charge in [-0.3, -0.25) is 0 Å². The molecular weight excluding hydrogens is 329 g/mol. The van der Waals surface area contributed by atoms with Crippen LogP contribution < -0.4 is 5.32 Å². The van der Waals surface area contributed by atoms with Gasteiger partial charge in [-0.25, -0.2) is 0 Å². The quantitative estimate of drug-likeness (QED) is 0.753. The Kier molecular flexibility index (Phi) is 5.28. The molecule has 0 radical (unpaired) electrons. The molecule has 78 valence electrons. The van der Waals surface area contributed by atoms with Gasteiger partial charge in [-0.2, -0.15) is 0 Å². The van der Waals surface area contributed by atoms with E-state index >= 15 is 0 Å². The fourth-order valence-electron chi connectivity index (χ4n) is 1.10. The zero-order valence-electron chi connectivity index (χ0n) is 7.91. The lowest BCUT2D eigenvalue weighted by molar-refractivity contribution is 0.833. The maximum absolute atomic E-state index is 5.90. The minimum atomic E-state index is 0.727. The van der Waals surface area contributed by atoms with Crippen LogP contribution in [0.1, 0.15) is 19.8 Å². The average Bonchev–Trinajstić information content (AvgIpc) is 2.09. The molecule has 4 heteroatoms. The largest absolute Gasteiger partial charge is 0.383 e. The topological polar surface area (TPSA) is 12.0 Å². The van der Waals surface area contributed by atoms with Crippen LogP contribution in [-0.2, 0) is 0 Å². The molecule has 1 nitrogen and oxygen atoms in total. The van der Waals surface area contributed by atoms with Gasteiger partial charge in [-0.1, -0.05) is 24.9 Å². The van der Waals surface area contributed by atoms with Crippen molar-refractivity contribution in [3.8, 4) is 0 Å². The normalized spacial score (nSPS) is 10.3. The van der Waals surface area contributed by atoms with Crippen molar-refractivity contribution in [1.29, 1.82) is 0 Å². The molecule has 0 atom stereocenters. The molecule has 0 unspecified atom stereocenters. The summed E-state index contributed by atoms with van der Waals surface area (Å²) < 4.78 is 1.99. The van der Waals surface area contributed by atoms with E-state index in [0.717, 1.165) is 26.2 Å². The Labute approximate surface area is 106 Å². The zero-order valence-corrected chi connectivity index (χ0v) is 11.8. The lowest BCUT2D eigenvalue weighted by Gasteiger charge is -2.10. The molecular formula is C10H12Br2ClN. The van der Waals surface area contributed by atoms with E-state index in [9.17, 15) is 0 Å². The van der Waals surface area contributed by atoms with E-state index in [1.165, 1.54) is 12.8 Å². The predicted molar refractivity (Wildman–Crippen MR) is 70.2 cm³/mol. The first-order valence-electron chi connectivity index (χ1n) is 4.53. The summed E-state index contributed by atoms with van der Waals surface area (Å²) in [6, 6.07) is 3.78. The summed E-state index contributed by atoms with van der Waals surface area (Å²) in [5, 5.41) is 4.08. The second-order valence-electron chi connectivity index (χ2n) is 3.02. The van der Waals surface area contributed by atoms with Crippen molar-refractivity contribution < 1.29 is 0 Å². The van der Waals surface area contributed by atoms with Crippen molar-refractivity contribution >= 4 is 49.1 Å². The Balaban J connectivity index is 2.75. The fraction of sp³-hybridized carbons (Fsp3) is 0.400. The van der Waals surface area contributed by atoms with E-state index < -0.39 is 0 Å². The molecule has 0 heterocycles. The van der Waals surface area contributed by atoms with Crippen molar-refractivity contribution in [3.63, 3.8) is 0 Å². The van der Waals surface area contributed by atoms with Crippen LogP contribution in [0.2, 0.25) is 5.02 Å². The second kappa shape index (κ2) is 5.99. The molecule has 0 aliphatic rings. The highest BCUT2D eigenvalue weighted by Gasteiger charge is 2.05. The number of anilines is 1. The van der Waals surface area contributed by atoms with E-state index in [2.05, 4.69) is 44.1 Å². The summed E-state index contributed by atoms with van der Waals surface area (Å²) in [5.74, 6) is 0. The van der Waals surface area contributed by atoms with Gasteiger partial charge < -0.3 is 5.32 Å². The van der Waals surface area contributed by atoms with Gasteiger partial charge in [0.05, 0.1) is 5.69 Å². The molecule has 0 spiro atoms. The summed E-state index contributed by atoms with van der Waals surface area (Å²) >= 11 is 12.8. The third-order valence-electron chi connectivity index (χ3n) is 1.84. The number of nitrogens with one attached hydrogen (secondary N) is 1. The smallest absolute Gasteiger partial charge is 0.0630 e. The molecule has 1 aromatic carbocycles. The van der Waals surface area contributed by atoms with E-state index in [4.69, 9.17) is 11.6 Å². The van der Waals surface area contributed by atoms with E-state index in [-0.39, 0.29) is 0 Å². The molecule has 0 amide bonds. The van der Waals surface area contributed by atoms with E-state index in [0.29, 0.717) is 0 Å². The van der Waals surface area contributed by atoms with E-state index in [1.807, 2.05) is 12.1 Å². The summed E-state index contributed by atoms with van der Waals surface area (Å²) in [6.45, 7) is 3.16. The van der Waals surface area contributed by atoms with Crippen LogP contribution in [0.4, 0.5) is 5.69 Å². The highest BCUT2D eigenvalue weighted by atomic mass is 79.9. The molecule has 0 saturated heterocycles. The van der Waals surface area contributed by atoms with Crippen LogP contribution in [0.25, 0.3) is 0 Å². The third kappa shape index (κ3) is 3.44. The number of rotatable bonds is 4. The SMILES string of the molecule is CCCCNc1c(Br)cc(Cl)cc1Br. The van der Waals surface area contributed by atoms with Gasteiger partial charge >= 0.3 is 0 Å². The first-order chi connectivity index (χ1) is 6.65. The lowest BCUT2D eigenvalue weighted by atomic mass is 10.3. The molecule has 1 N–H and O–H groups in total. The average molecular weight is 341 g/mol. The Morgan fingerprint density at radius 1 is 1.29 bits per heavy atom. The van der Waals surface area contributed by atoms with Crippen molar-refractivity contribution in [1.82, 2.24) is 0 Å². The van der Waals surface area contributed by atoms with Gasteiger partial charge in [0, 0.05) is 20.5 Å². The van der Waals surface area contributed by atoms with Crippen molar-refractivity contribution in [3.05, 3.63) is 26.1 Å². The minimum absolute atomic E-state index is 0.727. The molecule has 0 saturated carbocycles. The summed E-state index contributed by atoms with van der Waals surface area (Å²) in [7, 11) is 0. The number of hydrogen-bond donors (Lipinski definition) is 1. The lowest BCUT2D eigenvalue weighted by Crippen LogP contribution is -2.02. The van der Waals surface area contributed by atoms with Gasteiger partial charge in [0.1, 0.15) is 0 Å². The van der Waals surface area contributed by atoms with Gasteiger partial charge in [0.15, 0.2) is 0 Å². The zero-order chi connectivity index (χ0) is 10.6. The Morgan fingerprint density at radius 3 is 2.36 bits per heavy atom. The van der Waals surface area contributed by atoms with Gasteiger partial charge in [0.25, 0.3) is 0 Å². The standard InChI is InChI=1S/C10H12Br2ClN/c1-2-3-4-14-10-8(11)5-7(13)6-9(10)12/h5-6,14H,2-4H2,1H3. The van der Waals surface area contributed by atoms with Crippen LogP contribution in [0.3, 0.4) is 0 Å². The molecule has 1 aromatic rings. The van der Waals surface area contributed by atoms with Gasteiger partial charge in [-0.15, -0.1) is 0 Å². The van der Waals surface area contributed by atoms with Crippen molar-refractivity contribution in [2.45, 2.75) is 19.8 Å². The first-order valence-corrected chi connectivity index (χ1v) is 6.50. The second-order valence-corrected chi connectivity index (χ2v) is 5.17. The van der Waals surface area contributed by atoms with Crippen LogP contribution in [-0.4, -0.2) is 6.54 Å². The summed E-state index contributed by atoms with van der Waals surface area (Å²) in [4.78, 5) is 0. The first kappa shape index (κ1) is 12.3. The van der Waals surface area contributed by atoms with Gasteiger partial charge in [-0.05, 0) is 50.4 Å². The van der Waals surface area contributed by atoms with Crippen LogP contribution >= 0.6 is 43.5 Å². The summed E-state index contributed by atoms with van der Waals surface area (Å²) in [6.07, 6.45) is 2.36. The molecule has 14 heavy (non-hydrogen) atoms. The van der Waals surface area contributed by atoms with Crippen LogP contribution in [0.5, 0.6) is 0 Å². The maximum Gasteiger partial charge on any atom is 0.0630 e. The molecule has 0 aliphatic carbocycles. The Morgan fingerprint density at radius 2 is 1.86 bits per heavy atom. The number of halogens is 3. The highest BCUT2D eigenvalue weighted by molar-refractivity contribution is 9.11. The summed E-state index contributed by atoms with van der Waals surface area (Å²) in [5.41, 5.74) is 1.07. The Hall–Kier alpha value is 0.270. The molecule has 1 rings (SSSR count). The minimum Gasteiger partial charge on any atom is -0.383 e. The van der Waals surface area contributed by atoms with E-state index in [1.54, 1.807) is 0 Å². The predicted octanol–water partition coefficient (Wildman–Crippen LogP) is 5.08. The molecule has 0 bridgehead atoms. The van der Waals surface area contributed by atoms with Crippen LogP contribution in [0.15, 0.2) is 21.1 Å². The van der Waals surface area contributed by atoms with Crippen LogP contribution in [0, 0.1) is 0 Å². The number of benzene rings is 1. The monoisotopic (exact) mass is 339 g/mol. The number of unbranched alkanes of at least 4 members (excludes halogenated alkanes) is 1. The third-order valence-corrected chi connectivity index (χ3v) is 3.31. The highest BCUT2D eigenvalue weighted by Crippen LogP contribution is 2.34. The molecule has 0 aliphatic heterocycles. The number of hydrogen-bond acceptors (Lipinski definition) is 1. The Bertz CT molecular complexity index is 292. The maximum atomic E-state index is 5.90. The molecule has 0 aromatic heterocycles. The fourth-order valence-corrected chi connectivity index (χ4v) is 3.05. The van der Waals surface area contributed by atoms with Crippen molar-refractivity contribution in [2.24, 2.45) is 0 Å². The molecule has 0 fully saturated rings. The van der Waals surface area contributed by atoms with Crippen molar-refractivity contribution in [2.75, 3.05) is 11.9 Å². The van der Waals surface area contributed by atoms with Gasteiger partial charge in [0.2, 0.25) is 0 Å².